The molecule has 0 atom stereocenters. The minimum absolute atomic E-state index is 0.432. The average molecular weight is 181 g/mol. The molecular weight excluding hydrogens is 176 g/mol. The number of nitrogens with zero attached hydrogens (tertiary/aromatic N) is 2. The SMILES string of the molecule is Clc1cc(-c2ccoc2)ncn1. The molecule has 0 bridgehead atoms. The van der Waals surface area contributed by atoms with Crippen LogP contribution in [0.2, 0.25) is 5.15 Å². The highest BCUT2D eigenvalue weighted by atomic mass is 35.5. The van der Waals surface area contributed by atoms with E-state index in [1.54, 1.807) is 18.6 Å². The number of aromatic nitrogens is 2. The molecule has 4 heteroatoms. The second-order valence-corrected chi connectivity index (χ2v) is 2.63. The van der Waals surface area contributed by atoms with Crippen LogP contribution in [0, 0.1) is 0 Å². The monoisotopic (exact) mass is 180 g/mol. The predicted octanol–water partition coefficient (Wildman–Crippen LogP) is 2.39. The Balaban J connectivity index is 2.48. The first-order valence-electron chi connectivity index (χ1n) is 3.36. The Labute approximate surface area is 74.0 Å². The lowest BCUT2D eigenvalue weighted by molar-refractivity contribution is 0.568. The highest BCUT2D eigenvalue weighted by Gasteiger charge is 2.00. The Kier molecular flexibility index (Phi) is 1.80. The van der Waals surface area contributed by atoms with E-state index in [-0.39, 0.29) is 0 Å². The van der Waals surface area contributed by atoms with Crippen molar-refractivity contribution in [3.63, 3.8) is 0 Å². The lowest BCUT2D eigenvalue weighted by Gasteiger charge is -1.93. The summed E-state index contributed by atoms with van der Waals surface area (Å²) in [5.41, 5.74) is 1.67. The van der Waals surface area contributed by atoms with Crippen LogP contribution in [0.15, 0.2) is 35.4 Å². The van der Waals surface area contributed by atoms with Gasteiger partial charge in [0.05, 0.1) is 18.2 Å². The van der Waals surface area contributed by atoms with E-state index in [9.17, 15) is 0 Å². The smallest absolute Gasteiger partial charge is 0.133 e. The van der Waals surface area contributed by atoms with E-state index in [0.29, 0.717) is 5.15 Å². The predicted molar refractivity (Wildman–Crippen MR) is 44.7 cm³/mol. The number of rotatable bonds is 1. The first-order valence-corrected chi connectivity index (χ1v) is 3.74. The molecule has 0 amide bonds. The molecule has 0 fully saturated rings. The van der Waals surface area contributed by atoms with Crippen molar-refractivity contribution in [2.45, 2.75) is 0 Å². The Morgan fingerprint density at radius 3 is 2.92 bits per heavy atom. The maximum absolute atomic E-state index is 5.68. The molecule has 0 aliphatic carbocycles. The summed E-state index contributed by atoms with van der Waals surface area (Å²) in [6, 6.07) is 3.51. The van der Waals surface area contributed by atoms with Crippen LogP contribution in [0.4, 0.5) is 0 Å². The first-order chi connectivity index (χ1) is 5.86. The number of hydrogen-bond donors (Lipinski definition) is 0. The molecule has 0 radical (unpaired) electrons. The fourth-order valence-corrected chi connectivity index (χ4v) is 1.05. The van der Waals surface area contributed by atoms with Gasteiger partial charge in [0.2, 0.25) is 0 Å². The summed E-state index contributed by atoms with van der Waals surface area (Å²) >= 11 is 5.68. The minimum atomic E-state index is 0.432. The van der Waals surface area contributed by atoms with Crippen molar-refractivity contribution in [3.8, 4) is 11.3 Å². The van der Waals surface area contributed by atoms with Crippen LogP contribution >= 0.6 is 11.6 Å². The van der Waals surface area contributed by atoms with Crippen LogP contribution in [0.1, 0.15) is 0 Å². The summed E-state index contributed by atoms with van der Waals surface area (Å²) in [7, 11) is 0. The van der Waals surface area contributed by atoms with Crippen LogP contribution < -0.4 is 0 Å². The highest BCUT2D eigenvalue weighted by molar-refractivity contribution is 6.29. The molecule has 0 saturated heterocycles. The zero-order chi connectivity index (χ0) is 8.39. The summed E-state index contributed by atoms with van der Waals surface area (Å²) in [6.07, 6.45) is 4.62. The van der Waals surface area contributed by atoms with Gasteiger partial charge in [-0.2, -0.15) is 0 Å². The number of hydrogen-bond acceptors (Lipinski definition) is 3. The molecule has 3 nitrogen and oxygen atoms in total. The molecule has 0 unspecified atom stereocenters. The standard InChI is InChI=1S/C8H5ClN2O/c9-8-3-7(10-5-11-8)6-1-2-12-4-6/h1-5H. The van der Waals surface area contributed by atoms with Crippen LogP contribution in [-0.4, -0.2) is 9.97 Å². The van der Waals surface area contributed by atoms with Gasteiger partial charge in [0.1, 0.15) is 11.5 Å². The quantitative estimate of drug-likeness (QED) is 0.633. The molecule has 60 valence electrons. The van der Waals surface area contributed by atoms with E-state index in [2.05, 4.69) is 9.97 Å². The number of furan rings is 1. The van der Waals surface area contributed by atoms with Crippen molar-refractivity contribution in [3.05, 3.63) is 36.1 Å². The summed E-state index contributed by atoms with van der Waals surface area (Å²) in [4.78, 5) is 7.80. The highest BCUT2D eigenvalue weighted by Crippen LogP contribution is 2.18. The molecule has 12 heavy (non-hydrogen) atoms. The molecule has 2 aromatic heterocycles. The van der Waals surface area contributed by atoms with Crippen molar-refractivity contribution in [1.82, 2.24) is 9.97 Å². The number of halogens is 1. The van der Waals surface area contributed by atoms with Gasteiger partial charge in [0.15, 0.2) is 0 Å². The summed E-state index contributed by atoms with van der Waals surface area (Å²) < 4.78 is 4.91. The Hall–Kier alpha value is -1.35. The van der Waals surface area contributed by atoms with Gasteiger partial charge >= 0.3 is 0 Å². The summed E-state index contributed by atoms with van der Waals surface area (Å²) in [6.45, 7) is 0. The second-order valence-electron chi connectivity index (χ2n) is 2.24. The summed E-state index contributed by atoms with van der Waals surface area (Å²) in [5.74, 6) is 0. The molecule has 0 aliphatic heterocycles. The van der Waals surface area contributed by atoms with Crippen molar-refractivity contribution in [1.29, 1.82) is 0 Å². The molecule has 0 N–H and O–H groups in total. The van der Waals surface area contributed by atoms with Crippen LogP contribution in [0.5, 0.6) is 0 Å². The van der Waals surface area contributed by atoms with Crippen LogP contribution in [0.3, 0.4) is 0 Å². The van der Waals surface area contributed by atoms with Crippen LogP contribution in [0.25, 0.3) is 11.3 Å². The molecule has 2 rings (SSSR count). The third-order valence-electron chi connectivity index (χ3n) is 1.45. The lowest BCUT2D eigenvalue weighted by Crippen LogP contribution is -1.82. The van der Waals surface area contributed by atoms with Crippen molar-refractivity contribution in [2.75, 3.05) is 0 Å². The average Bonchev–Trinajstić information content (AvgIpc) is 2.56. The van der Waals surface area contributed by atoms with Gasteiger partial charge in [0.25, 0.3) is 0 Å². The van der Waals surface area contributed by atoms with E-state index in [0.717, 1.165) is 11.3 Å². The van der Waals surface area contributed by atoms with E-state index >= 15 is 0 Å². The van der Waals surface area contributed by atoms with Gasteiger partial charge in [-0.05, 0) is 6.07 Å². The van der Waals surface area contributed by atoms with Gasteiger partial charge in [-0.1, -0.05) is 11.6 Å². The molecule has 0 saturated carbocycles. The van der Waals surface area contributed by atoms with Crippen molar-refractivity contribution in [2.24, 2.45) is 0 Å². The normalized spacial score (nSPS) is 10.1. The van der Waals surface area contributed by atoms with E-state index in [4.69, 9.17) is 16.0 Å². The molecule has 0 spiro atoms. The Morgan fingerprint density at radius 2 is 2.25 bits per heavy atom. The third-order valence-corrected chi connectivity index (χ3v) is 1.66. The second kappa shape index (κ2) is 2.95. The van der Waals surface area contributed by atoms with Gasteiger partial charge in [-0.15, -0.1) is 0 Å². The zero-order valence-electron chi connectivity index (χ0n) is 6.07. The van der Waals surface area contributed by atoms with Gasteiger partial charge in [0, 0.05) is 11.6 Å². The zero-order valence-corrected chi connectivity index (χ0v) is 6.82. The fourth-order valence-electron chi connectivity index (χ4n) is 0.902. The molecule has 2 heterocycles. The maximum atomic E-state index is 5.68. The first kappa shape index (κ1) is 7.31. The molecular formula is C8H5ClN2O. The van der Waals surface area contributed by atoms with Crippen molar-refractivity contribution >= 4 is 11.6 Å². The topological polar surface area (TPSA) is 38.9 Å². The van der Waals surface area contributed by atoms with E-state index < -0.39 is 0 Å². The Bertz CT molecular complexity index is 372. The third kappa shape index (κ3) is 1.31. The van der Waals surface area contributed by atoms with E-state index in [1.165, 1.54) is 6.33 Å². The largest absolute Gasteiger partial charge is 0.472 e. The van der Waals surface area contributed by atoms with Gasteiger partial charge in [-0.25, -0.2) is 9.97 Å². The molecule has 0 aliphatic rings. The lowest BCUT2D eigenvalue weighted by atomic mass is 10.2. The molecule has 0 aromatic carbocycles. The van der Waals surface area contributed by atoms with E-state index in [1.807, 2.05) is 6.07 Å². The Morgan fingerprint density at radius 1 is 1.33 bits per heavy atom. The van der Waals surface area contributed by atoms with Crippen LogP contribution in [-0.2, 0) is 0 Å². The fraction of sp³-hybridized carbons (Fsp3) is 0. The van der Waals surface area contributed by atoms with Gasteiger partial charge < -0.3 is 4.42 Å². The maximum Gasteiger partial charge on any atom is 0.133 e. The summed E-state index contributed by atoms with van der Waals surface area (Å²) in [5, 5.41) is 0.432. The molecule has 2 aromatic rings. The van der Waals surface area contributed by atoms with Gasteiger partial charge in [-0.3, -0.25) is 0 Å². The van der Waals surface area contributed by atoms with Crippen molar-refractivity contribution < 1.29 is 4.42 Å². The minimum Gasteiger partial charge on any atom is -0.472 e.